The summed E-state index contributed by atoms with van der Waals surface area (Å²) in [5, 5.41) is 20.2. The van der Waals surface area contributed by atoms with E-state index in [2.05, 4.69) is 0 Å². The van der Waals surface area contributed by atoms with Crippen molar-refractivity contribution in [3.63, 3.8) is 0 Å². The molecule has 0 radical (unpaired) electrons. The van der Waals surface area contributed by atoms with Crippen LogP contribution in [0.2, 0.25) is 0 Å². The monoisotopic (exact) mass is 230 g/mol. The lowest BCUT2D eigenvalue weighted by Crippen LogP contribution is -2.44. The maximum absolute atomic E-state index is 10.2. The van der Waals surface area contributed by atoms with E-state index in [1.165, 1.54) is 0 Å². The van der Waals surface area contributed by atoms with E-state index in [0.717, 1.165) is 6.42 Å². The summed E-state index contributed by atoms with van der Waals surface area (Å²) in [6.07, 6.45) is -0.608. The van der Waals surface area contributed by atoms with E-state index in [4.69, 9.17) is 4.74 Å². The SMILES string of the molecule is CC(C)C(O)C(O)C1CC(C)(C)OC1(C)C. The summed E-state index contributed by atoms with van der Waals surface area (Å²) in [5.41, 5.74) is -0.593. The molecule has 0 spiro atoms. The molecule has 3 heteroatoms. The number of rotatable bonds is 3. The van der Waals surface area contributed by atoms with Crippen LogP contribution in [0.25, 0.3) is 0 Å². The maximum atomic E-state index is 10.2. The molecule has 96 valence electrons. The Morgan fingerprint density at radius 2 is 1.62 bits per heavy atom. The Labute approximate surface area is 98.8 Å². The van der Waals surface area contributed by atoms with Crippen molar-refractivity contribution >= 4 is 0 Å². The van der Waals surface area contributed by atoms with E-state index in [1.54, 1.807) is 0 Å². The van der Waals surface area contributed by atoms with Crippen LogP contribution in [0.4, 0.5) is 0 Å². The molecular weight excluding hydrogens is 204 g/mol. The summed E-state index contributed by atoms with van der Waals surface area (Å²) in [4.78, 5) is 0. The van der Waals surface area contributed by atoms with Gasteiger partial charge in [0.2, 0.25) is 0 Å². The van der Waals surface area contributed by atoms with Gasteiger partial charge in [0.25, 0.3) is 0 Å². The lowest BCUT2D eigenvalue weighted by Gasteiger charge is -2.33. The van der Waals surface area contributed by atoms with Crippen molar-refractivity contribution < 1.29 is 14.9 Å². The van der Waals surface area contributed by atoms with Crippen LogP contribution in [0.5, 0.6) is 0 Å². The van der Waals surface area contributed by atoms with Crippen molar-refractivity contribution in [2.75, 3.05) is 0 Å². The zero-order chi connectivity index (χ0) is 12.7. The Kier molecular flexibility index (Phi) is 3.73. The molecule has 2 N–H and O–H groups in total. The third kappa shape index (κ3) is 2.76. The Morgan fingerprint density at radius 1 is 1.12 bits per heavy atom. The van der Waals surface area contributed by atoms with Gasteiger partial charge in [0, 0.05) is 5.92 Å². The molecule has 3 nitrogen and oxygen atoms in total. The molecule has 1 fully saturated rings. The molecule has 0 amide bonds. The highest BCUT2D eigenvalue weighted by molar-refractivity contribution is 4.99. The normalized spacial score (nSPS) is 31.7. The van der Waals surface area contributed by atoms with Crippen LogP contribution in [0.1, 0.15) is 48.0 Å². The second kappa shape index (κ2) is 4.28. The first-order valence-corrected chi connectivity index (χ1v) is 6.13. The molecule has 3 unspecified atom stereocenters. The standard InChI is InChI=1S/C13H26O3/c1-8(2)10(14)11(15)9-7-12(3,4)16-13(9,5)6/h8-11,14-15H,7H2,1-6H3. The highest BCUT2D eigenvalue weighted by Gasteiger charge is 2.50. The average molecular weight is 230 g/mol. The van der Waals surface area contributed by atoms with Crippen molar-refractivity contribution in [2.45, 2.75) is 71.4 Å². The molecular formula is C13H26O3. The Balaban J connectivity index is 2.81. The molecule has 0 bridgehead atoms. The van der Waals surface area contributed by atoms with Crippen LogP contribution in [-0.2, 0) is 4.74 Å². The molecule has 0 aromatic rings. The molecule has 1 saturated heterocycles. The predicted molar refractivity (Wildman–Crippen MR) is 64.2 cm³/mol. The number of hydrogen-bond donors (Lipinski definition) is 2. The van der Waals surface area contributed by atoms with E-state index < -0.39 is 12.2 Å². The minimum atomic E-state index is -0.711. The largest absolute Gasteiger partial charge is 0.390 e. The number of hydrogen-bond acceptors (Lipinski definition) is 3. The topological polar surface area (TPSA) is 49.7 Å². The quantitative estimate of drug-likeness (QED) is 0.779. The van der Waals surface area contributed by atoms with Gasteiger partial charge in [-0.1, -0.05) is 13.8 Å². The number of aliphatic hydroxyl groups excluding tert-OH is 2. The molecule has 1 aliphatic heterocycles. The van der Waals surface area contributed by atoms with Gasteiger partial charge in [-0.15, -0.1) is 0 Å². The fraction of sp³-hybridized carbons (Fsp3) is 1.00. The second-order valence-corrected chi connectivity index (χ2v) is 6.50. The van der Waals surface area contributed by atoms with E-state index in [9.17, 15) is 10.2 Å². The van der Waals surface area contributed by atoms with Gasteiger partial charge >= 0.3 is 0 Å². The summed E-state index contributed by atoms with van der Waals surface area (Å²) >= 11 is 0. The Morgan fingerprint density at radius 3 is 1.94 bits per heavy atom. The molecule has 3 atom stereocenters. The zero-order valence-corrected chi connectivity index (χ0v) is 11.3. The van der Waals surface area contributed by atoms with Crippen LogP contribution in [0.3, 0.4) is 0 Å². The van der Waals surface area contributed by atoms with E-state index in [1.807, 2.05) is 41.5 Å². The van der Waals surface area contributed by atoms with Crippen LogP contribution in [0.15, 0.2) is 0 Å². The highest BCUT2D eigenvalue weighted by Crippen LogP contribution is 2.44. The first-order valence-electron chi connectivity index (χ1n) is 6.13. The Hall–Kier alpha value is -0.120. The summed E-state index contributed by atoms with van der Waals surface area (Å²) < 4.78 is 5.93. The fourth-order valence-corrected chi connectivity index (χ4v) is 2.77. The van der Waals surface area contributed by atoms with Gasteiger partial charge < -0.3 is 14.9 Å². The second-order valence-electron chi connectivity index (χ2n) is 6.50. The predicted octanol–water partition coefficient (Wildman–Crippen LogP) is 1.96. The van der Waals surface area contributed by atoms with Crippen molar-refractivity contribution in [2.24, 2.45) is 11.8 Å². The minimum Gasteiger partial charge on any atom is -0.390 e. The zero-order valence-electron chi connectivity index (χ0n) is 11.3. The first-order chi connectivity index (χ1) is 7.07. The molecule has 1 rings (SSSR count). The molecule has 1 aliphatic rings. The summed E-state index contributed by atoms with van der Waals surface area (Å²) in [5.74, 6) is 0.0504. The Bertz CT molecular complexity index is 246. The fourth-order valence-electron chi connectivity index (χ4n) is 2.77. The lowest BCUT2D eigenvalue weighted by atomic mass is 9.79. The van der Waals surface area contributed by atoms with Gasteiger partial charge in [-0.25, -0.2) is 0 Å². The molecule has 0 aromatic heterocycles. The van der Waals surface area contributed by atoms with Gasteiger partial charge in [-0.3, -0.25) is 0 Å². The molecule has 0 aliphatic carbocycles. The van der Waals surface area contributed by atoms with Gasteiger partial charge in [0.15, 0.2) is 0 Å². The maximum Gasteiger partial charge on any atom is 0.0858 e. The smallest absolute Gasteiger partial charge is 0.0858 e. The van der Waals surface area contributed by atoms with Gasteiger partial charge in [-0.2, -0.15) is 0 Å². The molecule has 0 saturated carbocycles. The third-order valence-corrected chi connectivity index (χ3v) is 3.59. The van der Waals surface area contributed by atoms with Crippen molar-refractivity contribution in [1.82, 2.24) is 0 Å². The summed E-state index contributed by atoms with van der Waals surface area (Å²) in [6.45, 7) is 11.9. The van der Waals surface area contributed by atoms with Gasteiger partial charge in [-0.05, 0) is 40.0 Å². The van der Waals surface area contributed by atoms with Crippen LogP contribution in [-0.4, -0.2) is 33.6 Å². The number of ether oxygens (including phenoxy) is 1. The van der Waals surface area contributed by atoms with E-state index in [0.29, 0.717) is 0 Å². The molecule has 1 heterocycles. The van der Waals surface area contributed by atoms with Crippen LogP contribution < -0.4 is 0 Å². The van der Waals surface area contributed by atoms with Crippen LogP contribution in [0, 0.1) is 11.8 Å². The van der Waals surface area contributed by atoms with Crippen LogP contribution >= 0.6 is 0 Å². The highest BCUT2D eigenvalue weighted by atomic mass is 16.5. The summed E-state index contributed by atoms with van der Waals surface area (Å²) in [6, 6.07) is 0. The molecule has 16 heavy (non-hydrogen) atoms. The van der Waals surface area contributed by atoms with Crippen molar-refractivity contribution in [3.8, 4) is 0 Å². The van der Waals surface area contributed by atoms with E-state index in [-0.39, 0.29) is 23.0 Å². The minimum absolute atomic E-state index is 0.0140. The van der Waals surface area contributed by atoms with Gasteiger partial charge in [0.1, 0.15) is 0 Å². The van der Waals surface area contributed by atoms with Crippen molar-refractivity contribution in [3.05, 3.63) is 0 Å². The average Bonchev–Trinajstić information content (AvgIpc) is 2.31. The molecule has 0 aromatic carbocycles. The lowest BCUT2D eigenvalue weighted by molar-refractivity contribution is -0.109. The number of aliphatic hydroxyl groups is 2. The summed E-state index contributed by atoms with van der Waals surface area (Å²) in [7, 11) is 0. The van der Waals surface area contributed by atoms with Gasteiger partial charge in [0.05, 0.1) is 23.4 Å². The first kappa shape index (κ1) is 13.9. The van der Waals surface area contributed by atoms with E-state index >= 15 is 0 Å². The van der Waals surface area contributed by atoms with Crippen molar-refractivity contribution in [1.29, 1.82) is 0 Å². The third-order valence-electron chi connectivity index (χ3n) is 3.59.